The van der Waals surface area contributed by atoms with Crippen molar-refractivity contribution in [3.63, 3.8) is 0 Å². The second-order valence-corrected chi connectivity index (χ2v) is 26.7. The molecular weight excluding hydrogens is 1360 g/mol. The highest BCUT2D eigenvalue weighted by Gasteiger charge is 2.42. The number of amides is 14. The van der Waals surface area contributed by atoms with Gasteiger partial charge in [0.2, 0.25) is 82.7 Å². The maximum absolute atomic E-state index is 14.6. The highest BCUT2D eigenvalue weighted by atomic mass is 16.4. The van der Waals surface area contributed by atoms with Crippen LogP contribution in [0.5, 0.6) is 0 Å². The lowest BCUT2D eigenvalue weighted by molar-refractivity contribution is -0.143. The number of carboxylic acids is 2. The summed E-state index contributed by atoms with van der Waals surface area (Å²) in [5.74, 6) is -18.7. The van der Waals surface area contributed by atoms with Gasteiger partial charge in [-0.2, -0.15) is 0 Å². The topological polar surface area (TPSA) is 632 Å². The minimum atomic E-state index is -1.89. The number of nitrogens with two attached hydrogens (primary N) is 3. The standard InChI is InChI=1S/C64H113N17O22/c1-12-33(8)49(64(103)81-23-17-20-43(81)59(98)68-26-44(86)70-34(9)52(91)76-47(31(4)5)62(101)74-41(25-45(87)88)57(96)79-50(35(10)84)60(99)69-27-46(89)90)78-54(93)39(19-14-16-22-66)72-61(100)48(32(6)7)77-58(97)42(29-83)75-56(95)40(24-30(2)3)73-63(102)51(36(11)85)80-55(94)38(18-13-15-21-65)71-53(92)37(67)28-82/h30-43,47-51,82-85H,12-29,65-67H2,1-11H3,(H,68,98)(H,69,99)(H,70,86)(H,71,92)(H,72,100)(H,73,102)(H,74,101)(H,75,95)(H,76,91)(H,77,97)(H,78,93)(H,79,96)(H,80,94)(H,87,88)(H,89,90)/t33-,34-,35+,36+,37-,38-,39-,40-,41-,42-,43-,47-,48-,49-,50-,51-/m0/s1. The summed E-state index contributed by atoms with van der Waals surface area (Å²) in [7, 11) is 0. The third kappa shape index (κ3) is 32.2. The third-order valence-electron chi connectivity index (χ3n) is 16.7. The summed E-state index contributed by atoms with van der Waals surface area (Å²) < 4.78 is 0. The predicted molar refractivity (Wildman–Crippen MR) is 367 cm³/mol. The Morgan fingerprint density at radius 3 is 1.34 bits per heavy atom. The maximum atomic E-state index is 14.6. The number of carbonyl (C=O) groups is 16. The van der Waals surface area contributed by atoms with E-state index in [2.05, 4.69) is 63.8 Å². The molecule has 0 aromatic rings. The second-order valence-electron chi connectivity index (χ2n) is 26.7. The fourth-order valence-electron chi connectivity index (χ4n) is 10.5. The number of hydrogen-bond donors (Lipinski definition) is 22. The van der Waals surface area contributed by atoms with Crippen LogP contribution >= 0.6 is 0 Å². The highest BCUT2D eigenvalue weighted by Crippen LogP contribution is 2.22. The van der Waals surface area contributed by atoms with Crippen LogP contribution in [-0.2, 0) is 76.7 Å². The molecule has 586 valence electrons. The second kappa shape index (κ2) is 46.8. The molecule has 39 nitrogen and oxygen atoms in total. The van der Waals surface area contributed by atoms with Gasteiger partial charge in [-0.1, -0.05) is 61.8 Å². The van der Waals surface area contributed by atoms with Crippen molar-refractivity contribution in [1.29, 1.82) is 0 Å². The molecule has 0 unspecified atom stereocenters. The zero-order valence-electron chi connectivity index (χ0n) is 60.6. The third-order valence-corrected chi connectivity index (χ3v) is 16.7. The summed E-state index contributed by atoms with van der Waals surface area (Å²) in [5.41, 5.74) is 17.0. The first-order valence-corrected chi connectivity index (χ1v) is 34.6. The number of hydrogen-bond acceptors (Lipinski definition) is 23. The van der Waals surface area contributed by atoms with E-state index in [9.17, 15) is 102 Å². The number of nitrogens with one attached hydrogen (secondary N) is 13. The van der Waals surface area contributed by atoms with Gasteiger partial charge in [-0.15, -0.1) is 0 Å². The van der Waals surface area contributed by atoms with Crippen molar-refractivity contribution in [2.75, 3.05) is 45.9 Å². The van der Waals surface area contributed by atoms with E-state index in [0.29, 0.717) is 38.5 Å². The minimum Gasteiger partial charge on any atom is -0.481 e. The summed E-state index contributed by atoms with van der Waals surface area (Å²) >= 11 is 0. The van der Waals surface area contributed by atoms with E-state index in [1.54, 1.807) is 41.5 Å². The Hall–Kier alpha value is -8.76. The number of aliphatic hydroxyl groups excluding tert-OH is 4. The van der Waals surface area contributed by atoms with Crippen LogP contribution < -0.4 is 86.3 Å². The zero-order chi connectivity index (χ0) is 78.7. The Balaban J connectivity index is 3.30. The summed E-state index contributed by atoms with van der Waals surface area (Å²) in [6.45, 7) is 13.6. The largest absolute Gasteiger partial charge is 0.481 e. The van der Waals surface area contributed by atoms with Gasteiger partial charge < -0.3 is 122 Å². The maximum Gasteiger partial charge on any atom is 0.322 e. The first kappa shape index (κ1) is 92.3. The van der Waals surface area contributed by atoms with Crippen LogP contribution in [0.2, 0.25) is 0 Å². The van der Waals surface area contributed by atoms with Crippen molar-refractivity contribution >= 4 is 94.6 Å². The van der Waals surface area contributed by atoms with Crippen molar-refractivity contribution in [3.05, 3.63) is 0 Å². The molecule has 14 amide bonds. The number of aliphatic carboxylic acids is 2. The molecule has 39 heteroatoms. The van der Waals surface area contributed by atoms with E-state index in [1.807, 2.05) is 5.32 Å². The van der Waals surface area contributed by atoms with Gasteiger partial charge in [0.05, 0.1) is 38.4 Å². The molecule has 0 saturated carbocycles. The Morgan fingerprint density at radius 1 is 0.456 bits per heavy atom. The number of aliphatic hydroxyl groups is 4. The summed E-state index contributed by atoms with van der Waals surface area (Å²) in [5, 5.41) is 90.2. The van der Waals surface area contributed by atoms with Crippen LogP contribution in [0.25, 0.3) is 0 Å². The number of likely N-dealkylation sites (tertiary alicyclic amines) is 1. The van der Waals surface area contributed by atoms with Crippen LogP contribution in [0, 0.1) is 23.7 Å². The van der Waals surface area contributed by atoms with Gasteiger partial charge in [0.25, 0.3) is 0 Å². The molecule has 0 aliphatic carbocycles. The summed E-state index contributed by atoms with van der Waals surface area (Å²) in [6, 6.07) is -19.3. The van der Waals surface area contributed by atoms with Crippen LogP contribution in [-0.4, -0.2) is 267 Å². The van der Waals surface area contributed by atoms with E-state index in [0.717, 1.165) is 6.92 Å². The molecule has 0 aromatic heterocycles. The fourth-order valence-corrected chi connectivity index (χ4v) is 10.5. The van der Waals surface area contributed by atoms with E-state index in [4.69, 9.17) is 22.3 Å². The van der Waals surface area contributed by atoms with Crippen LogP contribution in [0.4, 0.5) is 0 Å². The highest BCUT2D eigenvalue weighted by molar-refractivity contribution is 6.00. The molecule has 1 rings (SSSR count). The van der Waals surface area contributed by atoms with E-state index >= 15 is 0 Å². The van der Waals surface area contributed by atoms with Gasteiger partial charge >= 0.3 is 11.9 Å². The first-order valence-electron chi connectivity index (χ1n) is 34.6. The lowest BCUT2D eigenvalue weighted by Gasteiger charge is -2.33. The van der Waals surface area contributed by atoms with Gasteiger partial charge in [0, 0.05) is 6.54 Å². The van der Waals surface area contributed by atoms with E-state index in [1.165, 1.54) is 32.6 Å². The Labute approximate surface area is 598 Å². The van der Waals surface area contributed by atoms with Gasteiger partial charge in [0.15, 0.2) is 0 Å². The molecule has 0 radical (unpaired) electrons. The molecule has 1 aliphatic heterocycles. The molecule has 25 N–H and O–H groups in total. The fraction of sp³-hybridized carbons (Fsp3) is 0.750. The number of rotatable bonds is 48. The molecule has 0 aromatic carbocycles. The quantitative estimate of drug-likeness (QED) is 0.0252. The molecule has 103 heavy (non-hydrogen) atoms. The van der Waals surface area contributed by atoms with Crippen LogP contribution in [0.3, 0.4) is 0 Å². The van der Waals surface area contributed by atoms with Crippen LogP contribution in [0.15, 0.2) is 0 Å². The monoisotopic (exact) mass is 1470 g/mol. The molecule has 16 atom stereocenters. The SMILES string of the molecule is CC[C@H](C)[C@H](NC(=O)[C@H](CCCCN)NC(=O)[C@@H](NC(=O)[C@H](CO)NC(=O)[C@H](CC(C)C)NC(=O)[C@@H](NC(=O)[C@H](CCCCN)NC(=O)[C@@H](N)CO)[C@@H](C)O)C(C)C)C(=O)N1CCC[C@H]1C(=O)NCC(=O)N[C@@H](C)C(=O)N[C@H](C(=O)N[C@@H](CC(=O)O)C(=O)N[C@H](C(=O)NCC(=O)O)[C@@H](C)O)C(C)C. The van der Waals surface area contributed by atoms with Gasteiger partial charge in [0.1, 0.15) is 85.1 Å². The lowest BCUT2D eigenvalue weighted by atomic mass is 9.96. The minimum absolute atomic E-state index is 0.0192. The first-order chi connectivity index (χ1) is 48.2. The smallest absolute Gasteiger partial charge is 0.322 e. The number of unbranched alkanes of at least 4 members (excludes halogenated alkanes) is 2. The van der Waals surface area contributed by atoms with Crippen molar-refractivity contribution in [3.8, 4) is 0 Å². The molecule has 1 saturated heterocycles. The number of nitrogens with zero attached hydrogens (tertiary/aromatic N) is 1. The van der Waals surface area contributed by atoms with E-state index < -0.39 is 236 Å². The van der Waals surface area contributed by atoms with E-state index in [-0.39, 0.29) is 51.2 Å². The normalized spacial score (nSPS) is 17.2. The lowest BCUT2D eigenvalue weighted by Crippen LogP contribution is -2.62. The Morgan fingerprint density at radius 2 is 0.883 bits per heavy atom. The number of carbonyl (C=O) groups excluding carboxylic acids is 14. The van der Waals surface area contributed by atoms with Gasteiger partial charge in [-0.3, -0.25) is 76.7 Å². The van der Waals surface area contributed by atoms with Crippen molar-refractivity contribution in [2.24, 2.45) is 40.9 Å². The van der Waals surface area contributed by atoms with Gasteiger partial charge in [-0.05, 0) is 115 Å². The average molecular weight is 1470 g/mol. The van der Waals surface area contributed by atoms with Crippen molar-refractivity contribution in [2.45, 2.75) is 238 Å². The Kier molecular flexibility index (Phi) is 41.9. The zero-order valence-corrected chi connectivity index (χ0v) is 60.6. The van der Waals surface area contributed by atoms with Gasteiger partial charge in [-0.25, -0.2) is 0 Å². The average Bonchev–Trinajstić information content (AvgIpc) is 1.76. The summed E-state index contributed by atoms with van der Waals surface area (Å²) in [4.78, 5) is 215. The van der Waals surface area contributed by atoms with Crippen molar-refractivity contribution < 1.29 is 107 Å². The summed E-state index contributed by atoms with van der Waals surface area (Å²) in [6.07, 6.45) is -2.02. The number of carboxylic acid groups (broad SMARTS) is 2. The molecule has 1 fully saturated rings. The molecule has 1 heterocycles. The molecule has 0 spiro atoms. The Bertz CT molecular complexity index is 2890. The van der Waals surface area contributed by atoms with Crippen molar-refractivity contribution in [1.82, 2.24) is 74.0 Å². The molecular formula is C64H113N17O22. The molecule has 0 bridgehead atoms. The molecule has 1 aliphatic rings. The van der Waals surface area contributed by atoms with Crippen LogP contribution in [0.1, 0.15) is 147 Å². The predicted octanol–water partition coefficient (Wildman–Crippen LogP) is -8.14.